The van der Waals surface area contributed by atoms with Gasteiger partial charge < -0.3 is 20.4 Å². The molecule has 0 aromatic carbocycles. The second kappa shape index (κ2) is 10.1. The molecular formula is C19H19F3N8O3S2. The summed E-state index contributed by atoms with van der Waals surface area (Å²) in [7, 11) is 2.11. The first-order valence-electron chi connectivity index (χ1n) is 10.2. The average Bonchev–Trinajstić information content (AvgIpc) is 3.56. The summed E-state index contributed by atoms with van der Waals surface area (Å²) in [4.78, 5) is 28.1. The first-order valence-corrected chi connectivity index (χ1v) is 11.8. The number of alkyl halides is 3. The molecule has 0 radical (unpaired) electrons. The van der Waals surface area contributed by atoms with Gasteiger partial charge in [-0.15, -0.1) is 4.80 Å². The number of anilines is 1. The number of nitrogens with one attached hydrogen (secondary N) is 1. The van der Waals surface area contributed by atoms with Crippen molar-refractivity contribution in [1.82, 2.24) is 35.3 Å². The predicted octanol–water partition coefficient (Wildman–Crippen LogP) is 2.92. The van der Waals surface area contributed by atoms with Crippen molar-refractivity contribution in [3.8, 4) is 22.1 Å². The van der Waals surface area contributed by atoms with Crippen molar-refractivity contribution >= 4 is 43.4 Å². The molecule has 1 saturated heterocycles. The normalized spacial score (nSPS) is 14.5. The van der Waals surface area contributed by atoms with E-state index >= 15 is 0 Å². The summed E-state index contributed by atoms with van der Waals surface area (Å²) in [5.74, 6) is -2.71. The third-order valence-electron chi connectivity index (χ3n) is 5.07. The highest BCUT2D eigenvalue weighted by Gasteiger charge is 2.38. The van der Waals surface area contributed by atoms with Crippen LogP contribution in [0.25, 0.3) is 26.0 Å². The number of thiazole rings is 2. The standard InChI is InChI=1S/C17H18N8OS2.C2HF3O2/c1-24(10-2-4-18-5-3-10)17-23-16-15(28-17)22-14(27-16)13-12(26)8-11(9-19-13)25-20-6-7-21-25;3-2(4,5)1(6)7/h6-10,18,26H,2-5H2,1H3;(H,6,7). The number of pyridine rings is 1. The van der Waals surface area contributed by atoms with Crippen molar-refractivity contribution in [2.45, 2.75) is 25.1 Å². The van der Waals surface area contributed by atoms with E-state index < -0.39 is 12.1 Å². The van der Waals surface area contributed by atoms with Crippen molar-refractivity contribution in [3.63, 3.8) is 0 Å². The second-order valence-electron chi connectivity index (χ2n) is 7.40. The van der Waals surface area contributed by atoms with Crippen LogP contribution in [-0.4, -0.2) is 78.5 Å². The van der Waals surface area contributed by atoms with Crippen LogP contribution in [0.1, 0.15) is 12.8 Å². The summed E-state index contributed by atoms with van der Waals surface area (Å²) in [5, 5.41) is 30.7. The molecule has 4 aromatic heterocycles. The van der Waals surface area contributed by atoms with Gasteiger partial charge in [0.15, 0.2) is 14.8 Å². The van der Waals surface area contributed by atoms with Gasteiger partial charge in [-0.25, -0.2) is 19.7 Å². The smallest absolute Gasteiger partial charge is 0.490 e. The van der Waals surface area contributed by atoms with E-state index in [1.54, 1.807) is 36.0 Å². The second-order valence-corrected chi connectivity index (χ2v) is 9.33. The number of aromatic nitrogens is 6. The van der Waals surface area contributed by atoms with Crippen LogP contribution in [-0.2, 0) is 4.79 Å². The Balaban J connectivity index is 0.000000364. The zero-order valence-electron chi connectivity index (χ0n) is 18.1. The van der Waals surface area contributed by atoms with Crippen molar-refractivity contribution < 1.29 is 28.2 Å². The van der Waals surface area contributed by atoms with Gasteiger partial charge >= 0.3 is 12.1 Å². The minimum Gasteiger partial charge on any atom is -0.505 e. The average molecular weight is 529 g/mol. The van der Waals surface area contributed by atoms with Crippen molar-refractivity contribution in [2.24, 2.45) is 0 Å². The van der Waals surface area contributed by atoms with Crippen LogP contribution < -0.4 is 10.2 Å². The van der Waals surface area contributed by atoms with Crippen LogP contribution in [0.4, 0.5) is 18.3 Å². The van der Waals surface area contributed by atoms with Gasteiger partial charge in [0.1, 0.15) is 22.1 Å². The van der Waals surface area contributed by atoms with E-state index in [0.29, 0.717) is 22.4 Å². The topological polar surface area (TPSA) is 142 Å². The zero-order valence-corrected chi connectivity index (χ0v) is 19.7. The molecule has 0 unspecified atom stereocenters. The van der Waals surface area contributed by atoms with Gasteiger partial charge in [-0.3, -0.25) is 0 Å². The molecule has 0 atom stereocenters. The highest BCUT2D eigenvalue weighted by atomic mass is 32.1. The molecule has 1 aliphatic rings. The minimum absolute atomic E-state index is 0.0447. The van der Waals surface area contributed by atoms with Gasteiger partial charge in [0.05, 0.1) is 18.6 Å². The number of rotatable bonds is 4. The maximum Gasteiger partial charge on any atom is 0.490 e. The quantitative estimate of drug-likeness (QED) is 0.362. The Morgan fingerprint density at radius 1 is 1.17 bits per heavy atom. The highest BCUT2D eigenvalue weighted by Crippen LogP contribution is 2.38. The van der Waals surface area contributed by atoms with Crippen molar-refractivity contribution in [3.05, 3.63) is 24.7 Å². The van der Waals surface area contributed by atoms with Gasteiger partial charge in [-0.2, -0.15) is 23.4 Å². The molecule has 4 aromatic rings. The van der Waals surface area contributed by atoms with Gasteiger partial charge in [-0.05, 0) is 25.9 Å². The fourth-order valence-corrected chi connectivity index (χ4v) is 5.38. The summed E-state index contributed by atoms with van der Waals surface area (Å²) in [6.07, 6.45) is 1.93. The molecule has 0 spiro atoms. The molecule has 0 amide bonds. The van der Waals surface area contributed by atoms with E-state index in [2.05, 4.69) is 37.4 Å². The maximum absolute atomic E-state index is 10.6. The van der Waals surface area contributed by atoms with Crippen LogP contribution in [0, 0.1) is 0 Å². The molecule has 16 heteroatoms. The minimum atomic E-state index is -5.08. The third-order valence-corrected chi connectivity index (χ3v) is 7.20. The Morgan fingerprint density at radius 2 is 1.80 bits per heavy atom. The van der Waals surface area contributed by atoms with E-state index in [1.807, 2.05) is 0 Å². The van der Waals surface area contributed by atoms with E-state index in [1.165, 1.54) is 16.1 Å². The number of piperidine rings is 1. The summed E-state index contributed by atoms with van der Waals surface area (Å²) >= 11 is 3.02. The van der Waals surface area contributed by atoms with Crippen LogP contribution in [0.2, 0.25) is 0 Å². The van der Waals surface area contributed by atoms with Gasteiger partial charge in [0.25, 0.3) is 0 Å². The monoisotopic (exact) mass is 528 g/mol. The number of halogens is 3. The number of aliphatic carboxylic acids is 1. The molecule has 186 valence electrons. The molecule has 0 aliphatic carbocycles. The van der Waals surface area contributed by atoms with Gasteiger partial charge in [0, 0.05) is 19.2 Å². The molecule has 35 heavy (non-hydrogen) atoms. The number of aromatic hydroxyl groups is 1. The number of fused-ring (bicyclic) bond motifs is 1. The summed E-state index contributed by atoms with van der Waals surface area (Å²) in [5.41, 5.74) is 1.04. The third kappa shape index (κ3) is 5.66. The van der Waals surface area contributed by atoms with Gasteiger partial charge in [0.2, 0.25) is 0 Å². The molecule has 5 rings (SSSR count). The number of carboxylic acid groups (broad SMARTS) is 1. The number of nitrogens with zero attached hydrogens (tertiary/aromatic N) is 7. The molecular weight excluding hydrogens is 509 g/mol. The molecule has 1 fully saturated rings. The van der Waals surface area contributed by atoms with Crippen LogP contribution in [0.3, 0.4) is 0 Å². The van der Waals surface area contributed by atoms with Crippen LogP contribution in [0.5, 0.6) is 5.75 Å². The Bertz CT molecular complexity index is 1270. The Kier molecular flexibility index (Phi) is 7.13. The summed E-state index contributed by atoms with van der Waals surface area (Å²) in [6, 6.07) is 2.09. The number of carboxylic acids is 1. The van der Waals surface area contributed by atoms with E-state index in [9.17, 15) is 18.3 Å². The lowest BCUT2D eigenvalue weighted by Crippen LogP contribution is -2.41. The van der Waals surface area contributed by atoms with Crippen molar-refractivity contribution in [2.75, 3.05) is 25.0 Å². The molecule has 1 aliphatic heterocycles. The van der Waals surface area contributed by atoms with Gasteiger partial charge in [-0.1, -0.05) is 22.7 Å². The molecule has 5 heterocycles. The fourth-order valence-electron chi connectivity index (χ4n) is 3.30. The zero-order chi connectivity index (χ0) is 25.2. The van der Waals surface area contributed by atoms with E-state index in [0.717, 1.165) is 40.7 Å². The number of hydrogen-bond donors (Lipinski definition) is 3. The molecule has 0 bridgehead atoms. The molecule has 0 saturated carbocycles. The lowest BCUT2D eigenvalue weighted by Gasteiger charge is -2.31. The fraction of sp³-hybridized carbons (Fsp3) is 0.368. The Labute approximate surface area is 203 Å². The summed E-state index contributed by atoms with van der Waals surface area (Å²) < 4.78 is 31.7. The predicted molar refractivity (Wildman–Crippen MR) is 123 cm³/mol. The summed E-state index contributed by atoms with van der Waals surface area (Å²) in [6.45, 7) is 2.10. The van der Waals surface area contributed by atoms with Crippen LogP contribution in [0.15, 0.2) is 24.7 Å². The first-order chi connectivity index (χ1) is 16.6. The van der Waals surface area contributed by atoms with E-state index in [4.69, 9.17) is 14.9 Å². The van der Waals surface area contributed by atoms with E-state index in [-0.39, 0.29) is 5.75 Å². The van der Waals surface area contributed by atoms with Crippen molar-refractivity contribution in [1.29, 1.82) is 0 Å². The molecule has 11 nitrogen and oxygen atoms in total. The Morgan fingerprint density at radius 3 is 2.37 bits per heavy atom. The molecule has 3 N–H and O–H groups in total. The lowest BCUT2D eigenvalue weighted by atomic mass is 10.1. The highest BCUT2D eigenvalue weighted by molar-refractivity contribution is 7.29. The Hall–Kier alpha value is -3.37. The largest absolute Gasteiger partial charge is 0.505 e. The maximum atomic E-state index is 10.6. The SMILES string of the molecule is CN(c1nc2sc(-c3ncc(-n4nccn4)cc3O)nc2s1)C1CCNCC1.O=C(O)C(F)(F)F. The van der Waals surface area contributed by atoms with Crippen LogP contribution >= 0.6 is 22.7 Å². The number of carbonyl (C=O) groups is 1. The first kappa shape index (κ1) is 24.7. The number of hydrogen-bond acceptors (Lipinski definition) is 11. The lowest BCUT2D eigenvalue weighted by molar-refractivity contribution is -0.192.